The standard InChI is InChI=1S/C33H34N2O4.ClH/c1-23(36)35-27-10-14-30(15-11-27)38-29-12-7-25(8-13-29)31(21-24-17-19-34-20-18-24)26-9-16-32(37-2)33(22-26)39-28-5-3-4-6-28;/h7-20,22,28,31H,3-6,21H2,1-2H3,(H,35,36);1H/t31-;/m0./s1. The van der Waals surface area contributed by atoms with Crippen LogP contribution in [-0.2, 0) is 11.2 Å². The van der Waals surface area contributed by atoms with Gasteiger partial charge in [0.15, 0.2) is 11.5 Å². The molecule has 1 amide bonds. The molecule has 1 saturated carbocycles. The first kappa shape index (κ1) is 29.0. The third kappa shape index (κ3) is 7.54. The monoisotopic (exact) mass is 558 g/mol. The van der Waals surface area contributed by atoms with Crippen LogP contribution in [0.1, 0.15) is 55.2 Å². The van der Waals surface area contributed by atoms with Gasteiger partial charge in [0.1, 0.15) is 11.5 Å². The Balaban J connectivity index is 0.00000370. The molecule has 1 aliphatic carbocycles. The molecule has 40 heavy (non-hydrogen) atoms. The second-order valence-electron chi connectivity index (χ2n) is 9.92. The molecule has 4 aromatic rings. The summed E-state index contributed by atoms with van der Waals surface area (Å²) in [6, 6.07) is 26.0. The molecule has 1 N–H and O–H groups in total. The second-order valence-corrected chi connectivity index (χ2v) is 9.92. The zero-order chi connectivity index (χ0) is 27.0. The van der Waals surface area contributed by atoms with Crippen molar-refractivity contribution in [2.75, 3.05) is 12.4 Å². The van der Waals surface area contributed by atoms with Crippen LogP contribution < -0.4 is 19.5 Å². The van der Waals surface area contributed by atoms with Crippen LogP contribution in [0.2, 0.25) is 0 Å². The molecule has 7 heteroatoms. The summed E-state index contributed by atoms with van der Waals surface area (Å²) in [6.45, 7) is 1.49. The zero-order valence-electron chi connectivity index (χ0n) is 22.8. The predicted octanol–water partition coefficient (Wildman–Crippen LogP) is 7.96. The first-order valence-electron chi connectivity index (χ1n) is 13.5. The van der Waals surface area contributed by atoms with Gasteiger partial charge < -0.3 is 19.5 Å². The van der Waals surface area contributed by atoms with Gasteiger partial charge in [-0.05, 0) is 109 Å². The van der Waals surface area contributed by atoms with Gasteiger partial charge in [-0.2, -0.15) is 0 Å². The Morgan fingerprint density at radius 2 is 1.50 bits per heavy atom. The molecule has 5 rings (SSSR count). The van der Waals surface area contributed by atoms with Crippen molar-refractivity contribution in [1.29, 1.82) is 0 Å². The first-order chi connectivity index (χ1) is 19.1. The predicted molar refractivity (Wildman–Crippen MR) is 160 cm³/mol. The maximum Gasteiger partial charge on any atom is 0.221 e. The number of nitrogens with one attached hydrogen (secondary N) is 1. The largest absolute Gasteiger partial charge is 0.493 e. The van der Waals surface area contributed by atoms with Gasteiger partial charge in [-0.15, -0.1) is 12.4 Å². The molecule has 1 heterocycles. The fraction of sp³-hybridized carbons (Fsp3) is 0.273. The topological polar surface area (TPSA) is 69.7 Å². The molecular formula is C33H35ClN2O4. The van der Waals surface area contributed by atoms with Crippen LogP contribution in [0.3, 0.4) is 0 Å². The molecule has 1 atom stereocenters. The summed E-state index contributed by atoms with van der Waals surface area (Å²) in [5.41, 5.74) is 4.29. The van der Waals surface area contributed by atoms with Gasteiger partial charge in [-0.1, -0.05) is 18.2 Å². The maximum absolute atomic E-state index is 11.3. The molecule has 208 valence electrons. The van der Waals surface area contributed by atoms with Crippen LogP contribution in [0.15, 0.2) is 91.3 Å². The number of hydrogen-bond donors (Lipinski definition) is 1. The van der Waals surface area contributed by atoms with E-state index in [1.54, 1.807) is 7.11 Å². The van der Waals surface area contributed by atoms with Crippen LogP contribution in [0.5, 0.6) is 23.0 Å². The smallest absolute Gasteiger partial charge is 0.221 e. The van der Waals surface area contributed by atoms with Crippen LogP contribution in [-0.4, -0.2) is 24.1 Å². The molecular weight excluding hydrogens is 524 g/mol. The van der Waals surface area contributed by atoms with E-state index in [0.29, 0.717) is 5.75 Å². The third-order valence-corrected chi connectivity index (χ3v) is 7.07. The van der Waals surface area contributed by atoms with Gasteiger partial charge in [0, 0.05) is 30.9 Å². The van der Waals surface area contributed by atoms with Gasteiger partial charge in [0.05, 0.1) is 13.2 Å². The summed E-state index contributed by atoms with van der Waals surface area (Å²) >= 11 is 0. The maximum atomic E-state index is 11.3. The minimum Gasteiger partial charge on any atom is -0.493 e. The number of aromatic nitrogens is 1. The van der Waals surface area contributed by atoms with Gasteiger partial charge in [0.25, 0.3) is 0 Å². The quantitative estimate of drug-likeness (QED) is 0.214. The Kier molecular flexibility index (Phi) is 10.0. The number of halogens is 1. The second kappa shape index (κ2) is 13.9. The van der Waals surface area contributed by atoms with E-state index in [1.165, 1.54) is 36.5 Å². The van der Waals surface area contributed by atoms with Crippen molar-refractivity contribution in [2.45, 2.75) is 51.0 Å². The summed E-state index contributed by atoms with van der Waals surface area (Å²) in [7, 11) is 1.69. The fourth-order valence-electron chi connectivity index (χ4n) is 5.08. The Bertz CT molecular complexity index is 1370. The molecule has 1 fully saturated rings. The van der Waals surface area contributed by atoms with Gasteiger partial charge in [-0.3, -0.25) is 9.78 Å². The van der Waals surface area contributed by atoms with Crippen LogP contribution in [0.4, 0.5) is 5.69 Å². The van der Waals surface area contributed by atoms with Crippen molar-refractivity contribution < 1.29 is 19.0 Å². The van der Waals surface area contributed by atoms with E-state index < -0.39 is 0 Å². The lowest BCUT2D eigenvalue weighted by molar-refractivity contribution is -0.114. The highest BCUT2D eigenvalue weighted by Crippen LogP contribution is 2.38. The van der Waals surface area contributed by atoms with Crippen LogP contribution >= 0.6 is 12.4 Å². The van der Waals surface area contributed by atoms with Gasteiger partial charge in [-0.25, -0.2) is 0 Å². The van der Waals surface area contributed by atoms with Crippen LogP contribution in [0, 0.1) is 0 Å². The summed E-state index contributed by atoms with van der Waals surface area (Å²) < 4.78 is 18.1. The van der Waals surface area contributed by atoms with Crippen molar-refractivity contribution in [2.24, 2.45) is 0 Å². The van der Waals surface area contributed by atoms with E-state index in [9.17, 15) is 4.79 Å². The zero-order valence-corrected chi connectivity index (χ0v) is 23.7. The summed E-state index contributed by atoms with van der Waals surface area (Å²) in [5, 5.41) is 2.77. The molecule has 0 unspecified atom stereocenters. The number of pyridine rings is 1. The van der Waals surface area contributed by atoms with Crippen molar-refractivity contribution in [3.8, 4) is 23.0 Å². The van der Waals surface area contributed by atoms with Crippen molar-refractivity contribution in [1.82, 2.24) is 4.98 Å². The lowest BCUT2D eigenvalue weighted by atomic mass is 9.86. The molecule has 0 saturated heterocycles. The number of methoxy groups -OCH3 is 1. The first-order valence-corrected chi connectivity index (χ1v) is 13.5. The third-order valence-electron chi connectivity index (χ3n) is 7.07. The van der Waals surface area contributed by atoms with E-state index in [-0.39, 0.29) is 30.3 Å². The summed E-state index contributed by atoms with van der Waals surface area (Å²) in [5.74, 6) is 3.03. The van der Waals surface area contributed by atoms with Crippen molar-refractivity contribution >= 4 is 24.0 Å². The fourth-order valence-corrected chi connectivity index (χ4v) is 5.08. The average molecular weight is 559 g/mol. The molecule has 1 aromatic heterocycles. The Labute approximate surface area is 242 Å². The highest BCUT2D eigenvalue weighted by Gasteiger charge is 2.21. The van der Waals surface area contributed by atoms with Gasteiger partial charge in [0.2, 0.25) is 5.91 Å². The van der Waals surface area contributed by atoms with Gasteiger partial charge >= 0.3 is 0 Å². The Hall–Kier alpha value is -4.03. The molecule has 0 aliphatic heterocycles. The Morgan fingerprint density at radius 3 is 2.12 bits per heavy atom. The number of anilines is 1. The summed E-state index contributed by atoms with van der Waals surface area (Å²) in [4.78, 5) is 15.5. The lowest BCUT2D eigenvalue weighted by Crippen LogP contribution is -2.12. The normalized spacial score (nSPS) is 13.7. The number of nitrogens with zero attached hydrogens (tertiary/aromatic N) is 1. The number of carbonyl (C=O) groups excluding carboxylic acids is 1. The molecule has 0 bridgehead atoms. The van der Waals surface area contributed by atoms with Crippen molar-refractivity contribution in [3.05, 3.63) is 108 Å². The number of amides is 1. The number of ether oxygens (including phenoxy) is 3. The number of rotatable bonds is 10. The average Bonchev–Trinajstić information content (AvgIpc) is 3.47. The number of hydrogen-bond acceptors (Lipinski definition) is 5. The lowest BCUT2D eigenvalue weighted by Gasteiger charge is -2.22. The minimum atomic E-state index is -0.102. The van der Waals surface area contributed by atoms with Crippen molar-refractivity contribution in [3.63, 3.8) is 0 Å². The minimum absolute atomic E-state index is 0. The molecule has 0 spiro atoms. The number of benzene rings is 3. The van der Waals surface area contributed by atoms with E-state index in [0.717, 1.165) is 42.2 Å². The Morgan fingerprint density at radius 1 is 0.875 bits per heavy atom. The van der Waals surface area contributed by atoms with E-state index in [1.807, 2.05) is 54.9 Å². The van der Waals surface area contributed by atoms with E-state index >= 15 is 0 Å². The molecule has 6 nitrogen and oxygen atoms in total. The molecule has 0 radical (unpaired) electrons. The summed E-state index contributed by atoms with van der Waals surface area (Å²) in [6.07, 6.45) is 9.35. The molecule has 1 aliphatic rings. The van der Waals surface area contributed by atoms with E-state index in [4.69, 9.17) is 14.2 Å². The van der Waals surface area contributed by atoms with E-state index in [2.05, 4.69) is 46.7 Å². The van der Waals surface area contributed by atoms with Crippen LogP contribution in [0.25, 0.3) is 0 Å². The highest BCUT2D eigenvalue weighted by atomic mass is 35.5. The number of carbonyl (C=O) groups is 1. The highest BCUT2D eigenvalue weighted by molar-refractivity contribution is 5.88. The molecule has 3 aromatic carbocycles. The SMILES string of the molecule is COc1ccc([C@@H](Cc2ccncc2)c2ccc(Oc3ccc(NC(C)=O)cc3)cc2)cc1OC1CCCC1.Cl.